The molecule has 1 aromatic carbocycles. The Labute approximate surface area is 273 Å². The number of carbonyl (C=O) groups excluding carboxylic acids is 4. The van der Waals surface area contributed by atoms with Crippen molar-refractivity contribution in [2.45, 2.75) is 86.1 Å². The number of nitrogens with zero attached hydrogens (tertiary/aromatic N) is 2. The third kappa shape index (κ3) is 6.49. The second-order valence-electron chi connectivity index (χ2n) is 12.5. The van der Waals surface area contributed by atoms with E-state index in [1.54, 1.807) is 12.2 Å². The third-order valence-electron chi connectivity index (χ3n) is 9.75. The number of alkyl halides is 1. The first-order valence-corrected chi connectivity index (χ1v) is 17.0. The molecular weight excluding hydrogens is 642 g/mol. The Kier molecular flexibility index (Phi) is 10.8. The van der Waals surface area contributed by atoms with Gasteiger partial charge in [-0.15, -0.1) is 13.2 Å². The number of fused-ring (bicyclic) bond motifs is 1. The molecule has 7 atom stereocenters. The van der Waals surface area contributed by atoms with E-state index in [4.69, 9.17) is 9.47 Å². The summed E-state index contributed by atoms with van der Waals surface area (Å²) in [7, 11) is 0. The van der Waals surface area contributed by atoms with Gasteiger partial charge in [0.25, 0.3) is 0 Å². The van der Waals surface area contributed by atoms with E-state index < -0.39 is 41.7 Å². The number of likely N-dealkylation sites (tertiary alicyclic amines) is 1. The Morgan fingerprint density at radius 2 is 1.91 bits per heavy atom. The second-order valence-corrected chi connectivity index (χ2v) is 13.6. The molecule has 244 valence electrons. The normalized spacial score (nSPS) is 29.6. The van der Waals surface area contributed by atoms with E-state index in [1.165, 1.54) is 4.90 Å². The fraction of sp³-hybridized carbons (Fsp3) is 0.588. The van der Waals surface area contributed by atoms with E-state index in [9.17, 15) is 24.3 Å². The third-order valence-corrected chi connectivity index (χ3v) is 10.6. The van der Waals surface area contributed by atoms with Crippen LogP contribution in [0.2, 0.25) is 0 Å². The number of nitrogens with one attached hydrogen (secondary N) is 1. The van der Waals surface area contributed by atoms with Gasteiger partial charge in [-0.2, -0.15) is 0 Å². The monoisotopic (exact) mass is 685 g/mol. The van der Waals surface area contributed by atoms with Crippen LogP contribution < -0.4 is 5.32 Å². The number of aliphatic hydroxyl groups is 1. The van der Waals surface area contributed by atoms with Crippen molar-refractivity contribution in [1.82, 2.24) is 15.1 Å². The molecule has 11 heteroatoms. The van der Waals surface area contributed by atoms with Crippen molar-refractivity contribution in [1.29, 1.82) is 0 Å². The van der Waals surface area contributed by atoms with Crippen LogP contribution in [0.3, 0.4) is 0 Å². The molecule has 1 aromatic rings. The van der Waals surface area contributed by atoms with Crippen LogP contribution in [-0.2, 0) is 28.7 Å². The molecule has 2 N–H and O–H groups in total. The van der Waals surface area contributed by atoms with E-state index in [0.717, 1.165) is 32.1 Å². The molecule has 1 spiro atoms. The number of aliphatic hydroxyl groups excluding tert-OH is 1. The Hall–Kier alpha value is -3.02. The van der Waals surface area contributed by atoms with Crippen molar-refractivity contribution in [3.63, 3.8) is 0 Å². The number of esters is 1. The molecule has 3 amide bonds. The van der Waals surface area contributed by atoms with Crippen LogP contribution in [0.15, 0.2) is 55.6 Å². The minimum atomic E-state index is -1.25. The van der Waals surface area contributed by atoms with Crippen molar-refractivity contribution < 1.29 is 33.8 Å². The largest absolute Gasteiger partial charge is 0.455 e. The average molecular weight is 687 g/mol. The predicted molar refractivity (Wildman–Crippen MR) is 171 cm³/mol. The number of halogens is 1. The molecular formula is C34H44BrN3O7. The molecule has 3 saturated heterocycles. The van der Waals surface area contributed by atoms with Crippen LogP contribution in [0.4, 0.5) is 0 Å². The summed E-state index contributed by atoms with van der Waals surface area (Å²) >= 11 is 3.70. The fourth-order valence-electron chi connectivity index (χ4n) is 7.78. The topological polar surface area (TPSA) is 125 Å². The highest BCUT2D eigenvalue weighted by molar-refractivity contribution is 9.09. The van der Waals surface area contributed by atoms with E-state index in [1.807, 2.05) is 35.2 Å². The molecule has 1 aliphatic carbocycles. The zero-order valence-corrected chi connectivity index (χ0v) is 27.2. The summed E-state index contributed by atoms with van der Waals surface area (Å²) in [6.45, 7) is 7.55. The maximum Gasteiger partial charge on any atom is 0.313 e. The molecule has 5 rings (SSSR count). The van der Waals surface area contributed by atoms with E-state index in [-0.39, 0.29) is 54.7 Å². The smallest absolute Gasteiger partial charge is 0.313 e. The number of carbonyl (C=O) groups is 4. The van der Waals surface area contributed by atoms with Gasteiger partial charge in [-0.25, -0.2) is 0 Å². The van der Waals surface area contributed by atoms with Gasteiger partial charge in [0, 0.05) is 30.4 Å². The van der Waals surface area contributed by atoms with E-state index >= 15 is 0 Å². The maximum absolute atomic E-state index is 14.5. The number of ether oxygens (including phenoxy) is 2. The average Bonchev–Trinajstić information content (AvgIpc) is 3.64. The molecule has 4 aliphatic rings. The van der Waals surface area contributed by atoms with Crippen molar-refractivity contribution >= 4 is 39.6 Å². The summed E-state index contributed by atoms with van der Waals surface area (Å²) < 4.78 is 12.7. The molecule has 1 saturated carbocycles. The predicted octanol–water partition coefficient (Wildman–Crippen LogP) is 3.44. The van der Waals surface area contributed by atoms with Crippen LogP contribution in [0.25, 0.3) is 0 Å². The van der Waals surface area contributed by atoms with Crippen LogP contribution in [0.1, 0.15) is 63.0 Å². The summed E-state index contributed by atoms with van der Waals surface area (Å²) in [6, 6.07) is 8.17. The number of allylic oxidation sites excluding steroid dienone is 1. The Morgan fingerprint density at radius 3 is 2.58 bits per heavy atom. The van der Waals surface area contributed by atoms with Gasteiger partial charge in [0.05, 0.1) is 31.1 Å². The highest BCUT2D eigenvalue weighted by Gasteiger charge is 2.77. The van der Waals surface area contributed by atoms with Crippen molar-refractivity contribution in [2.24, 2.45) is 11.8 Å². The fourth-order valence-corrected chi connectivity index (χ4v) is 8.72. The minimum absolute atomic E-state index is 0.0261. The summed E-state index contributed by atoms with van der Waals surface area (Å²) in [6.07, 6.45) is 7.97. The maximum atomic E-state index is 14.5. The summed E-state index contributed by atoms with van der Waals surface area (Å²) in [5.41, 5.74) is -0.550. The van der Waals surface area contributed by atoms with Crippen LogP contribution >= 0.6 is 15.9 Å². The number of rotatable bonds is 14. The lowest BCUT2D eigenvalue weighted by atomic mass is 9.70. The van der Waals surface area contributed by atoms with Crippen LogP contribution in [-0.4, -0.2) is 93.5 Å². The Morgan fingerprint density at radius 1 is 1.18 bits per heavy atom. The van der Waals surface area contributed by atoms with Crippen molar-refractivity contribution in [3.8, 4) is 0 Å². The van der Waals surface area contributed by atoms with Gasteiger partial charge in [-0.3, -0.25) is 19.2 Å². The zero-order valence-electron chi connectivity index (χ0n) is 25.7. The first kappa shape index (κ1) is 33.3. The van der Waals surface area contributed by atoms with Gasteiger partial charge in [0.2, 0.25) is 17.7 Å². The molecule has 0 radical (unpaired) electrons. The number of β-amino-alcohol motifs (C(OH)–C–C–N with tert-alkyl or cyclic N) is 1. The number of amides is 3. The summed E-state index contributed by atoms with van der Waals surface area (Å²) in [5.74, 6) is -3.35. The Balaban J connectivity index is 1.43. The van der Waals surface area contributed by atoms with E-state index in [0.29, 0.717) is 24.9 Å². The van der Waals surface area contributed by atoms with Gasteiger partial charge in [-0.1, -0.05) is 77.7 Å². The molecule has 10 nitrogen and oxygen atoms in total. The first-order valence-electron chi connectivity index (χ1n) is 16.0. The first-order chi connectivity index (χ1) is 21.8. The van der Waals surface area contributed by atoms with Crippen molar-refractivity contribution in [3.05, 3.63) is 61.2 Å². The van der Waals surface area contributed by atoms with Gasteiger partial charge >= 0.3 is 5.97 Å². The molecule has 45 heavy (non-hydrogen) atoms. The molecule has 4 fully saturated rings. The molecule has 2 bridgehead atoms. The lowest BCUT2D eigenvalue weighted by Crippen LogP contribution is -2.59. The standard InChI is InChI=1S/C34H44BrN3O7/c1-3-5-16-26(40)36-21-25(22-12-8-6-9-13-22)44-33(43)27-28-31(41)38(18-19-39)30(34(28)20-24(35)29(27)45-34)32(42)37(17-4-2)23-14-10-7-11-15-23/h3-4,6,8-9,12-13,23-25,27-30,39H,1-2,5,7,10-11,14-21H2,(H,36,40)/t24?,25-,27+,28-,29+,30+,34-/m0/s1. The second kappa shape index (κ2) is 14.6. The highest BCUT2D eigenvalue weighted by Crippen LogP contribution is 2.60. The minimum Gasteiger partial charge on any atom is -0.455 e. The van der Waals surface area contributed by atoms with Gasteiger partial charge < -0.3 is 29.7 Å². The SMILES string of the molecule is C=CCCC(=O)NC[C@H](OC(=O)[C@H]1[C@@H]2O[C@@]3(CC2Br)[C@@H]1C(=O)N(CCO)[C@@H]3C(=O)N(CC=C)C1CCCCC1)c1ccccc1. The molecule has 3 heterocycles. The lowest BCUT2D eigenvalue weighted by molar-refractivity contribution is -0.160. The van der Waals surface area contributed by atoms with Gasteiger partial charge in [-0.05, 0) is 31.2 Å². The number of hydrogen-bond acceptors (Lipinski definition) is 7. The Bertz CT molecular complexity index is 1270. The molecule has 1 unspecified atom stereocenters. The summed E-state index contributed by atoms with van der Waals surface area (Å²) in [4.78, 5) is 58.1. The van der Waals surface area contributed by atoms with E-state index in [2.05, 4.69) is 34.4 Å². The van der Waals surface area contributed by atoms with Crippen LogP contribution in [0, 0.1) is 11.8 Å². The molecule has 0 aromatic heterocycles. The van der Waals surface area contributed by atoms with Crippen LogP contribution in [0.5, 0.6) is 0 Å². The number of benzene rings is 1. The quantitative estimate of drug-likeness (QED) is 0.175. The zero-order chi connectivity index (χ0) is 32.1. The highest BCUT2D eigenvalue weighted by atomic mass is 79.9. The van der Waals surface area contributed by atoms with Gasteiger partial charge in [0.15, 0.2) is 0 Å². The molecule has 3 aliphatic heterocycles. The van der Waals surface area contributed by atoms with Gasteiger partial charge in [0.1, 0.15) is 17.7 Å². The lowest BCUT2D eigenvalue weighted by Gasteiger charge is -2.40. The number of hydrogen-bond donors (Lipinski definition) is 2. The summed E-state index contributed by atoms with van der Waals surface area (Å²) in [5, 5.41) is 12.8. The van der Waals surface area contributed by atoms with Crippen molar-refractivity contribution in [2.75, 3.05) is 26.2 Å².